The van der Waals surface area contributed by atoms with Gasteiger partial charge in [-0.3, -0.25) is 4.79 Å². The molecule has 6 heteroatoms. The Balaban J connectivity index is 1.99. The number of carbonyl (C=O) groups excluding carboxylic acids is 2. The number of halogens is 2. The largest absolute Gasteiger partial charge is 0.452 e. The number of hydrogen-bond acceptors (Lipinski definition) is 3. The predicted molar refractivity (Wildman–Crippen MR) is 93.4 cm³/mol. The van der Waals surface area contributed by atoms with Crippen LogP contribution in [0.15, 0.2) is 48.5 Å². The Labute approximate surface area is 151 Å². The smallest absolute Gasteiger partial charge is 0.344 e. The number of carbonyl (C=O) groups is 2. The molecule has 1 N–H and O–H groups in total. The van der Waals surface area contributed by atoms with Crippen molar-refractivity contribution in [3.8, 4) is 0 Å². The SMILES string of the molecule is CC(C)C[C@@H](NC(=O)COC(=O)c1c(F)cccc1F)c1ccccc1. The second-order valence-corrected chi connectivity index (χ2v) is 6.33. The Morgan fingerprint density at radius 1 is 1.00 bits per heavy atom. The van der Waals surface area contributed by atoms with Gasteiger partial charge in [0.05, 0.1) is 6.04 Å². The minimum atomic E-state index is -1.21. The van der Waals surface area contributed by atoms with E-state index < -0.39 is 35.7 Å². The van der Waals surface area contributed by atoms with Gasteiger partial charge in [-0.15, -0.1) is 0 Å². The molecule has 1 amide bonds. The number of hydrogen-bond donors (Lipinski definition) is 1. The van der Waals surface area contributed by atoms with Crippen LogP contribution in [0.25, 0.3) is 0 Å². The number of esters is 1. The number of benzene rings is 2. The zero-order valence-corrected chi connectivity index (χ0v) is 14.7. The summed E-state index contributed by atoms with van der Waals surface area (Å²) in [7, 11) is 0. The van der Waals surface area contributed by atoms with E-state index in [1.165, 1.54) is 0 Å². The summed E-state index contributed by atoms with van der Waals surface area (Å²) in [6, 6.07) is 12.2. The fourth-order valence-electron chi connectivity index (χ4n) is 2.57. The molecule has 0 radical (unpaired) electrons. The quantitative estimate of drug-likeness (QED) is 0.758. The van der Waals surface area contributed by atoms with E-state index in [1.54, 1.807) is 0 Å². The molecule has 0 unspecified atom stereocenters. The molecule has 4 nitrogen and oxygen atoms in total. The van der Waals surface area contributed by atoms with Crippen molar-refractivity contribution in [2.45, 2.75) is 26.3 Å². The molecule has 0 aliphatic heterocycles. The molecular formula is C20H21F2NO3. The summed E-state index contributed by atoms with van der Waals surface area (Å²) in [5, 5.41) is 2.80. The van der Waals surface area contributed by atoms with Crippen LogP contribution >= 0.6 is 0 Å². The lowest BCUT2D eigenvalue weighted by Crippen LogP contribution is -2.33. The van der Waals surface area contributed by atoms with Crippen LogP contribution in [0, 0.1) is 17.6 Å². The van der Waals surface area contributed by atoms with Crippen molar-refractivity contribution in [1.82, 2.24) is 5.32 Å². The highest BCUT2D eigenvalue weighted by Gasteiger charge is 2.21. The summed E-state index contributed by atoms with van der Waals surface area (Å²) in [6.07, 6.45) is 0.700. The van der Waals surface area contributed by atoms with Gasteiger partial charge in [-0.25, -0.2) is 13.6 Å². The summed E-state index contributed by atoms with van der Waals surface area (Å²) in [4.78, 5) is 24.0. The third kappa shape index (κ3) is 5.37. The second kappa shape index (κ2) is 9.08. The van der Waals surface area contributed by atoms with Crippen LogP contribution in [0.2, 0.25) is 0 Å². The summed E-state index contributed by atoms with van der Waals surface area (Å²) in [6.45, 7) is 3.44. The summed E-state index contributed by atoms with van der Waals surface area (Å²) >= 11 is 0. The van der Waals surface area contributed by atoms with E-state index in [9.17, 15) is 18.4 Å². The summed E-state index contributed by atoms with van der Waals surface area (Å²) in [5.74, 6) is -3.48. The van der Waals surface area contributed by atoms with E-state index in [4.69, 9.17) is 4.74 Å². The molecule has 26 heavy (non-hydrogen) atoms. The second-order valence-electron chi connectivity index (χ2n) is 6.33. The highest BCUT2D eigenvalue weighted by atomic mass is 19.1. The molecule has 0 fully saturated rings. The van der Waals surface area contributed by atoms with Crippen molar-refractivity contribution in [1.29, 1.82) is 0 Å². The van der Waals surface area contributed by atoms with E-state index in [0.717, 1.165) is 23.8 Å². The van der Waals surface area contributed by atoms with E-state index in [1.807, 2.05) is 44.2 Å². The molecule has 0 heterocycles. The lowest BCUT2D eigenvalue weighted by Gasteiger charge is -2.21. The average Bonchev–Trinajstić information content (AvgIpc) is 2.59. The maximum absolute atomic E-state index is 13.6. The van der Waals surface area contributed by atoms with Crippen molar-refractivity contribution in [2.24, 2.45) is 5.92 Å². The molecule has 0 aliphatic carbocycles. The van der Waals surface area contributed by atoms with Crippen LogP contribution in [0.5, 0.6) is 0 Å². The molecule has 0 bridgehead atoms. The third-order valence-electron chi connectivity index (χ3n) is 3.75. The van der Waals surface area contributed by atoms with Crippen LogP contribution in [0.4, 0.5) is 8.78 Å². The highest BCUT2D eigenvalue weighted by molar-refractivity contribution is 5.91. The van der Waals surface area contributed by atoms with Gasteiger partial charge in [0.1, 0.15) is 17.2 Å². The summed E-state index contributed by atoms with van der Waals surface area (Å²) < 4.78 is 31.9. The third-order valence-corrected chi connectivity index (χ3v) is 3.75. The van der Waals surface area contributed by atoms with E-state index >= 15 is 0 Å². The lowest BCUT2D eigenvalue weighted by atomic mass is 9.97. The monoisotopic (exact) mass is 361 g/mol. The molecular weight excluding hydrogens is 340 g/mol. The molecule has 2 aromatic carbocycles. The minimum absolute atomic E-state index is 0.243. The van der Waals surface area contributed by atoms with Gasteiger partial charge in [-0.05, 0) is 30.0 Å². The Kier molecular flexibility index (Phi) is 6.83. The first-order valence-electron chi connectivity index (χ1n) is 8.34. The topological polar surface area (TPSA) is 55.4 Å². The fraction of sp³-hybridized carbons (Fsp3) is 0.300. The van der Waals surface area contributed by atoms with Crippen LogP contribution in [-0.4, -0.2) is 18.5 Å². The van der Waals surface area contributed by atoms with Crippen molar-refractivity contribution >= 4 is 11.9 Å². The predicted octanol–water partition coefficient (Wildman–Crippen LogP) is 4.03. The first kappa shape index (κ1) is 19.6. The fourth-order valence-corrected chi connectivity index (χ4v) is 2.57. The zero-order valence-electron chi connectivity index (χ0n) is 14.7. The van der Waals surface area contributed by atoms with Gasteiger partial charge in [-0.2, -0.15) is 0 Å². The first-order chi connectivity index (χ1) is 12.4. The van der Waals surface area contributed by atoms with Crippen molar-refractivity contribution < 1.29 is 23.1 Å². The van der Waals surface area contributed by atoms with Crippen LogP contribution < -0.4 is 5.32 Å². The van der Waals surface area contributed by atoms with Gasteiger partial charge in [0.25, 0.3) is 5.91 Å². The average molecular weight is 361 g/mol. The van der Waals surface area contributed by atoms with Gasteiger partial charge in [0, 0.05) is 0 Å². The maximum Gasteiger partial charge on any atom is 0.344 e. The Bertz CT molecular complexity index is 743. The number of rotatable bonds is 7. The Morgan fingerprint density at radius 3 is 2.19 bits per heavy atom. The van der Waals surface area contributed by atoms with Gasteiger partial charge in [0.15, 0.2) is 6.61 Å². The number of amides is 1. The minimum Gasteiger partial charge on any atom is -0.452 e. The van der Waals surface area contributed by atoms with Crippen molar-refractivity contribution in [3.05, 3.63) is 71.3 Å². The van der Waals surface area contributed by atoms with Crippen molar-refractivity contribution in [3.63, 3.8) is 0 Å². The number of ether oxygens (including phenoxy) is 1. The van der Waals surface area contributed by atoms with E-state index in [-0.39, 0.29) is 6.04 Å². The molecule has 2 aromatic rings. The van der Waals surface area contributed by atoms with Gasteiger partial charge < -0.3 is 10.1 Å². The number of nitrogens with one attached hydrogen (secondary N) is 1. The van der Waals surface area contributed by atoms with Crippen molar-refractivity contribution in [2.75, 3.05) is 6.61 Å². The van der Waals surface area contributed by atoms with Gasteiger partial charge in [0.2, 0.25) is 0 Å². The van der Waals surface area contributed by atoms with E-state index in [2.05, 4.69) is 5.32 Å². The normalized spacial score (nSPS) is 11.9. The molecule has 1 atom stereocenters. The molecule has 138 valence electrons. The molecule has 2 rings (SSSR count). The zero-order chi connectivity index (χ0) is 19.1. The highest BCUT2D eigenvalue weighted by Crippen LogP contribution is 2.21. The van der Waals surface area contributed by atoms with Crippen LogP contribution in [0.1, 0.15) is 42.2 Å². The Hall–Kier alpha value is -2.76. The maximum atomic E-state index is 13.6. The first-order valence-corrected chi connectivity index (χ1v) is 8.34. The van der Waals surface area contributed by atoms with Crippen LogP contribution in [-0.2, 0) is 9.53 Å². The molecule has 0 saturated heterocycles. The summed E-state index contributed by atoms with van der Waals surface area (Å²) in [5.41, 5.74) is 0.128. The molecule has 0 aliphatic rings. The standard InChI is InChI=1S/C20H21F2NO3/c1-13(2)11-17(14-7-4-3-5-8-14)23-18(24)12-26-20(25)19-15(21)9-6-10-16(19)22/h3-10,13,17H,11-12H2,1-2H3,(H,23,24)/t17-/m1/s1. The Morgan fingerprint density at radius 2 is 1.62 bits per heavy atom. The lowest BCUT2D eigenvalue weighted by molar-refractivity contribution is -0.125. The molecule has 0 spiro atoms. The van der Waals surface area contributed by atoms with Gasteiger partial charge in [-0.1, -0.05) is 50.2 Å². The molecule has 0 aromatic heterocycles. The van der Waals surface area contributed by atoms with E-state index in [0.29, 0.717) is 12.3 Å². The molecule has 0 saturated carbocycles. The van der Waals surface area contributed by atoms with Crippen LogP contribution in [0.3, 0.4) is 0 Å². The van der Waals surface area contributed by atoms with Gasteiger partial charge >= 0.3 is 5.97 Å².